The minimum atomic E-state index is 0.729. The molecule has 1 nitrogen and oxygen atoms in total. The molecule has 2 fully saturated rings. The fourth-order valence-corrected chi connectivity index (χ4v) is 3.40. The second-order valence-electron chi connectivity index (χ2n) is 4.64. The molecular weight excluding hydrogens is 146 g/mol. The normalized spacial score (nSPS) is 42.2. The molecule has 0 bridgehead atoms. The summed E-state index contributed by atoms with van der Waals surface area (Å²) in [6.07, 6.45) is 8.80. The highest BCUT2D eigenvalue weighted by Crippen LogP contribution is 2.48. The molecule has 1 saturated heterocycles. The summed E-state index contributed by atoms with van der Waals surface area (Å²) in [4.78, 5) is 0. The molecule has 2 unspecified atom stereocenters. The van der Waals surface area contributed by atoms with Crippen LogP contribution in [0.2, 0.25) is 0 Å². The lowest BCUT2D eigenvalue weighted by molar-refractivity contribution is 0.141. The molecule has 1 heterocycles. The van der Waals surface area contributed by atoms with Crippen LogP contribution in [0.5, 0.6) is 0 Å². The van der Waals surface area contributed by atoms with Crippen molar-refractivity contribution in [3.8, 4) is 0 Å². The summed E-state index contributed by atoms with van der Waals surface area (Å²) in [6.45, 7) is 4.94. The van der Waals surface area contributed by atoms with Crippen molar-refractivity contribution < 1.29 is 0 Å². The SMILES string of the molecule is CCC1CCCC12CCCNC2. The predicted octanol–water partition coefficient (Wildman–Crippen LogP) is 2.57. The zero-order valence-electron chi connectivity index (χ0n) is 8.23. The first-order valence-corrected chi connectivity index (χ1v) is 5.58. The van der Waals surface area contributed by atoms with Crippen LogP contribution in [-0.4, -0.2) is 13.1 Å². The number of nitrogens with one attached hydrogen (secondary N) is 1. The molecule has 0 aromatic carbocycles. The molecule has 12 heavy (non-hydrogen) atoms. The van der Waals surface area contributed by atoms with Gasteiger partial charge in [-0.05, 0) is 43.6 Å². The molecule has 2 rings (SSSR count). The first-order valence-electron chi connectivity index (χ1n) is 5.58. The van der Waals surface area contributed by atoms with Crippen LogP contribution in [0.25, 0.3) is 0 Å². The summed E-state index contributed by atoms with van der Waals surface area (Å²) in [5, 5.41) is 3.58. The molecule has 1 saturated carbocycles. The Balaban J connectivity index is 2.05. The lowest BCUT2D eigenvalue weighted by Gasteiger charge is -2.39. The van der Waals surface area contributed by atoms with Gasteiger partial charge in [-0.15, -0.1) is 0 Å². The van der Waals surface area contributed by atoms with Crippen molar-refractivity contribution in [2.75, 3.05) is 13.1 Å². The Morgan fingerprint density at radius 3 is 2.83 bits per heavy atom. The van der Waals surface area contributed by atoms with Crippen LogP contribution in [0, 0.1) is 11.3 Å². The molecule has 2 atom stereocenters. The second-order valence-corrected chi connectivity index (χ2v) is 4.64. The van der Waals surface area contributed by atoms with E-state index in [-0.39, 0.29) is 0 Å². The zero-order chi connectivity index (χ0) is 8.44. The smallest absolute Gasteiger partial charge is 0.00105 e. The van der Waals surface area contributed by atoms with Crippen molar-refractivity contribution in [3.05, 3.63) is 0 Å². The topological polar surface area (TPSA) is 12.0 Å². The van der Waals surface area contributed by atoms with E-state index in [1.54, 1.807) is 0 Å². The molecule has 1 aliphatic carbocycles. The van der Waals surface area contributed by atoms with Crippen LogP contribution in [0.15, 0.2) is 0 Å². The van der Waals surface area contributed by atoms with Gasteiger partial charge in [0, 0.05) is 6.54 Å². The van der Waals surface area contributed by atoms with Crippen LogP contribution in [0.4, 0.5) is 0 Å². The highest BCUT2D eigenvalue weighted by atomic mass is 14.9. The maximum absolute atomic E-state index is 3.58. The minimum Gasteiger partial charge on any atom is -0.316 e. The largest absolute Gasteiger partial charge is 0.316 e. The standard InChI is InChI=1S/C11H21N/c1-2-10-5-3-6-11(10)7-4-8-12-9-11/h10,12H,2-9H2,1H3. The fourth-order valence-electron chi connectivity index (χ4n) is 3.40. The van der Waals surface area contributed by atoms with Gasteiger partial charge in [-0.2, -0.15) is 0 Å². The Labute approximate surface area is 75.9 Å². The van der Waals surface area contributed by atoms with Gasteiger partial charge in [0.2, 0.25) is 0 Å². The highest BCUT2D eigenvalue weighted by molar-refractivity contribution is 4.94. The van der Waals surface area contributed by atoms with Crippen LogP contribution in [0.1, 0.15) is 45.4 Å². The van der Waals surface area contributed by atoms with E-state index in [9.17, 15) is 0 Å². The molecule has 70 valence electrons. The van der Waals surface area contributed by atoms with E-state index in [0.717, 1.165) is 11.3 Å². The Kier molecular flexibility index (Phi) is 2.40. The van der Waals surface area contributed by atoms with Crippen molar-refractivity contribution >= 4 is 0 Å². The van der Waals surface area contributed by atoms with Gasteiger partial charge in [0.15, 0.2) is 0 Å². The van der Waals surface area contributed by atoms with Gasteiger partial charge < -0.3 is 5.32 Å². The maximum atomic E-state index is 3.58. The van der Waals surface area contributed by atoms with Gasteiger partial charge in [0.05, 0.1) is 0 Å². The molecule has 2 aliphatic rings. The summed E-state index contributed by atoms with van der Waals surface area (Å²) < 4.78 is 0. The van der Waals surface area contributed by atoms with Crippen molar-refractivity contribution in [2.45, 2.75) is 45.4 Å². The summed E-state index contributed by atoms with van der Waals surface area (Å²) in [6, 6.07) is 0. The quantitative estimate of drug-likeness (QED) is 0.633. The average Bonchev–Trinajstić information content (AvgIpc) is 2.49. The Morgan fingerprint density at radius 2 is 2.17 bits per heavy atom. The van der Waals surface area contributed by atoms with Gasteiger partial charge >= 0.3 is 0 Å². The summed E-state index contributed by atoms with van der Waals surface area (Å²) in [7, 11) is 0. The van der Waals surface area contributed by atoms with E-state index in [2.05, 4.69) is 12.2 Å². The van der Waals surface area contributed by atoms with Crippen LogP contribution in [0.3, 0.4) is 0 Å². The van der Waals surface area contributed by atoms with Crippen molar-refractivity contribution in [1.29, 1.82) is 0 Å². The molecule has 1 heteroatoms. The van der Waals surface area contributed by atoms with Crippen LogP contribution < -0.4 is 5.32 Å². The Bertz CT molecular complexity index is 147. The van der Waals surface area contributed by atoms with Gasteiger partial charge in [0.25, 0.3) is 0 Å². The first-order chi connectivity index (χ1) is 5.87. The monoisotopic (exact) mass is 167 g/mol. The van der Waals surface area contributed by atoms with E-state index in [1.807, 2.05) is 0 Å². The third-order valence-electron chi connectivity index (χ3n) is 4.09. The van der Waals surface area contributed by atoms with E-state index < -0.39 is 0 Å². The lowest BCUT2D eigenvalue weighted by atomic mass is 9.71. The third-order valence-corrected chi connectivity index (χ3v) is 4.09. The average molecular weight is 167 g/mol. The van der Waals surface area contributed by atoms with E-state index >= 15 is 0 Å². The second kappa shape index (κ2) is 3.37. The molecule has 1 aliphatic heterocycles. The van der Waals surface area contributed by atoms with Crippen LogP contribution >= 0.6 is 0 Å². The number of rotatable bonds is 1. The van der Waals surface area contributed by atoms with Gasteiger partial charge in [-0.3, -0.25) is 0 Å². The molecule has 1 spiro atoms. The summed E-state index contributed by atoms with van der Waals surface area (Å²) in [5.74, 6) is 1.03. The zero-order valence-corrected chi connectivity index (χ0v) is 8.23. The van der Waals surface area contributed by atoms with Gasteiger partial charge in [0.1, 0.15) is 0 Å². The molecular formula is C11H21N. The van der Waals surface area contributed by atoms with Gasteiger partial charge in [-0.25, -0.2) is 0 Å². The van der Waals surface area contributed by atoms with Crippen LogP contribution in [-0.2, 0) is 0 Å². The van der Waals surface area contributed by atoms with E-state index in [0.29, 0.717) is 0 Å². The summed E-state index contributed by atoms with van der Waals surface area (Å²) in [5.41, 5.74) is 0.729. The Hall–Kier alpha value is -0.0400. The van der Waals surface area contributed by atoms with Crippen molar-refractivity contribution in [3.63, 3.8) is 0 Å². The fraction of sp³-hybridized carbons (Fsp3) is 1.00. The summed E-state index contributed by atoms with van der Waals surface area (Å²) >= 11 is 0. The molecule has 0 amide bonds. The van der Waals surface area contributed by atoms with Gasteiger partial charge in [-0.1, -0.05) is 19.8 Å². The number of piperidine rings is 1. The molecule has 1 N–H and O–H groups in total. The Morgan fingerprint density at radius 1 is 1.33 bits per heavy atom. The first kappa shape index (κ1) is 8.55. The highest BCUT2D eigenvalue weighted by Gasteiger charge is 2.41. The van der Waals surface area contributed by atoms with Crippen molar-refractivity contribution in [2.24, 2.45) is 11.3 Å². The lowest BCUT2D eigenvalue weighted by Crippen LogP contribution is -2.42. The molecule has 0 aromatic rings. The predicted molar refractivity (Wildman–Crippen MR) is 52.2 cm³/mol. The number of hydrogen-bond acceptors (Lipinski definition) is 1. The van der Waals surface area contributed by atoms with E-state index in [1.165, 1.54) is 51.6 Å². The van der Waals surface area contributed by atoms with E-state index in [4.69, 9.17) is 0 Å². The van der Waals surface area contributed by atoms with Crippen molar-refractivity contribution in [1.82, 2.24) is 5.32 Å². The third kappa shape index (κ3) is 1.28. The minimum absolute atomic E-state index is 0.729. The molecule has 0 aromatic heterocycles. The number of hydrogen-bond donors (Lipinski definition) is 1. The maximum Gasteiger partial charge on any atom is 0.00105 e. The molecule has 0 radical (unpaired) electrons.